The third-order valence-electron chi connectivity index (χ3n) is 5.19. The number of allylic oxidation sites excluding steroid dienone is 1. The summed E-state index contributed by atoms with van der Waals surface area (Å²) in [6.45, 7) is 1.98. The predicted octanol–water partition coefficient (Wildman–Crippen LogP) is 4.97. The molecule has 1 aromatic heterocycles. The highest BCUT2D eigenvalue weighted by Crippen LogP contribution is 2.28. The van der Waals surface area contributed by atoms with Crippen LogP contribution in [0.15, 0.2) is 72.3 Å². The first-order valence-corrected chi connectivity index (χ1v) is 10.6. The predicted molar refractivity (Wildman–Crippen MR) is 124 cm³/mol. The number of ketones is 1. The summed E-state index contributed by atoms with van der Waals surface area (Å²) < 4.78 is 13.6. The molecule has 7 heteroatoms. The van der Waals surface area contributed by atoms with Gasteiger partial charge in [0.1, 0.15) is 16.8 Å². The molecule has 1 heterocycles. The molecule has 0 radical (unpaired) electrons. The zero-order chi connectivity index (χ0) is 22.7. The minimum Gasteiger partial charge on any atom is -0.497 e. The Morgan fingerprint density at radius 1 is 0.906 bits per heavy atom. The second-order valence-corrected chi connectivity index (χ2v) is 7.87. The number of carbonyl (C=O) groups is 2. The molecule has 4 rings (SSSR count). The smallest absolute Gasteiger partial charge is 0.336 e. The van der Waals surface area contributed by atoms with Crippen LogP contribution in [0, 0.1) is 6.92 Å². The summed E-state index contributed by atoms with van der Waals surface area (Å²) in [5.74, 6) is -0.899. The Labute approximate surface area is 189 Å². The Bertz CT molecular complexity index is 1320. The van der Waals surface area contributed by atoms with E-state index in [1.54, 1.807) is 49.6 Å². The molecular weight excluding hydrogens is 424 g/mol. The van der Waals surface area contributed by atoms with E-state index in [0.29, 0.717) is 27.9 Å². The van der Waals surface area contributed by atoms with Gasteiger partial charge in [0, 0.05) is 17.6 Å². The molecule has 0 aliphatic carbocycles. The number of benzene rings is 3. The number of ether oxygens (including phenoxy) is 1. The number of aromatic nitrogens is 2. The number of fused-ring (bicyclic) bond motifs is 1. The molecule has 0 unspecified atom stereocenters. The zero-order valence-corrected chi connectivity index (χ0v) is 18.3. The summed E-state index contributed by atoms with van der Waals surface area (Å²) in [7, 11) is 1.55. The van der Waals surface area contributed by atoms with Crippen LogP contribution in [0.25, 0.3) is 16.6 Å². The largest absolute Gasteiger partial charge is 0.497 e. The first-order valence-electron chi connectivity index (χ1n) is 9.89. The molecule has 0 fully saturated rings. The van der Waals surface area contributed by atoms with E-state index in [2.05, 4.69) is 8.75 Å². The van der Waals surface area contributed by atoms with Crippen molar-refractivity contribution in [2.24, 2.45) is 0 Å². The van der Waals surface area contributed by atoms with Gasteiger partial charge in [0.2, 0.25) is 0 Å². The Morgan fingerprint density at radius 2 is 1.56 bits per heavy atom. The third-order valence-corrected chi connectivity index (χ3v) is 5.74. The van der Waals surface area contributed by atoms with Crippen molar-refractivity contribution in [2.45, 2.75) is 13.3 Å². The molecule has 4 aromatic rings. The summed E-state index contributed by atoms with van der Waals surface area (Å²) in [4.78, 5) is 26.0. The van der Waals surface area contributed by atoms with Crippen LogP contribution < -0.4 is 4.74 Å². The molecule has 6 nitrogen and oxygen atoms in total. The topological polar surface area (TPSA) is 89.4 Å². The SMILES string of the molecule is COc1ccc(C(=O)/C(Cc2ccc(C)cc2)=C(/C(=O)O)c2ccc3nsnc3c2)cc1. The van der Waals surface area contributed by atoms with E-state index in [1.165, 1.54) is 0 Å². The molecule has 160 valence electrons. The average molecular weight is 445 g/mol. The summed E-state index contributed by atoms with van der Waals surface area (Å²) >= 11 is 1.06. The van der Waals surface area contributed by atoms with E-state index in [1.807, 2.05) is 31.2 Å². The van der Waals surface area contributed by atoms with Crippen LogP contribution in [0.4, 0.5) is 0 Å². The number of hydrogen-bond acceptors (Lipinski definition) is 6. The molecule has 0 saturated heterocycles. The number of carboxylic acid groups (broad SMARTS) is 1. The van der Waals surface area contributed by atoms with Crippen LogP contribution >= 0.6 is 11.7 Å². The standard InChI is InChI=1S/C25H20N2O4S/c1-15-3-5-16(6-4-15)13-20(24(28)17-7-10-19(31-2)11-8-17)23(25(29)30)18-9-12-21-22(14-18)27-32-26-21/h3-12,14H,13H2,1-2H3,(H,29,30)/b23-20+. The quantitative estimate of drug-likeness (QED) is 0.320. The Balaban J connectivity index is 1.88. The Hall–Kier alpha value is -3.84. The van der Waals surface area contributed by atoms with Gasteiger partial charge in [-0.05, 0) is 54.4 Å². The van der Waals surface area contributed by atoms with E-state index in [9.17, 15) is 14.7 Å². The molecule has 0 bridgehead atoms. The van der Waals surface area contributed by atoms with E-state index in [4.69, 9.17) is 4.74 Å². The highest BCUT2D eigenvalue weighted by Gasteiger charge is 2.24. The lowest BCUT2D eigenvalue weighted by Crippen LogP contribution is -2.14. The van der Waals surface area contributed by atoms with Crippen LogP contribution in [0.2, 0.25) is 0 Å². The van der Waals surface area contributed by atoms with Gasteiger partial charge in [-0.1, -0.05) is 35.9 Å². The van der Waals surface area contributed by atoms with Crippen LogP contribution in [0.3, 0.4) is 0 Å². The van der Waals surface area contributed by atoms with Crippen molar-refractivity contribution in [3.8, 4) is 5.75 Å². The molecule has 0 saturated carbocycles. The van der Waals surface area contributed by atoms with Crippen molar-refractivity contribution in [2.75, 3.05) is 7.11 Å². The zero-order valence-electron chi connectivity index (χ0n) is 17.5. The average Bonchev–Trinajstić information content (AvgIpc) is 3.27. The van der Waals surface area contributed by atoms with Crippen LogP contribution in [0.5, 0.6) is 5.75 Å². The fourth-order valence-corrected chi connectivity index (χ4v) is 3.99. The summed E-state index contributed by atoms with van der Waals surface area (Å²) in [6.07, 6.45) is 0.181. The fourth-order valence-electron chi connectivity index (χ4n) is 3.47. The number of aryl methyl sites for hydroxylation is 1. The summed E-state index contributed by atoms with van der Waals surface area (Å²) in [5.41, 5.74) is 4.19. The van der Waals surface area contributed by atoms with Crippen molar-refractivity contribution in [1.82, 2.24) is 8.75 Å². The summed E-state index contributed by atoms with van der Waals surface area (Å²) in [6, 6.07) is 19.4. The van der Waals surface area contributed by atoms with Gasteiger partial charge in [-0.2, -0.15) is 8.75 Å². The number of nitrogens with zero attached hydrogens (tertiary/aromatic N) is 2. The molecule has 0 spiro atoms. The monoisotopic (exact) mass is 444 g/mol. The first kappa shape index (κ1) is 21.4. The van der Waals surface area contributed by atoms with Gasteiger partial charge in [-0.25, -0.2) is 4.79 Å². The van der Waals surface area contributed by atoms with Crippen LogP contribution in [0.1, 0.15) is 27.0 Å². The second-order valence-electron chi connectivity index (χ2n) is 7.35. The molecule has 0 amide bonds. The van der Waals surface area contributed by atoms with Crippen molar-refractivity contribution < 1.29 is 19.4 Å². The van der Waals surface area contributed by atoms with Gasteiger partial charge in [0.15, 0.2) is 5.78 Å². The fraction of sp³-hybridized carbons (Fsp3) is 0.120. The molecule has 3 aromatic carbocycles. The lowest BCUT2D eigenvalue weighted by molar-refractivity contribution is -0.130. The highest BCUT2D eigenvalue weighted by molar-refractivity contribution is 7.00. The molecule has 0 aliphatic rings. The van der Waals surface area contributed by atoms with Crippen molar-refractivity contribution in [3.05, 3.63) is 94.6 Å². The van der Waals surface area contributed by atoms with Gasteiger partial charge in [0.05, 0.1) is 24.4 Å². The first-order chi connectivity index (χ1) is 15.5. The van der Waals surface area contributed by atoms with Crippen LogP contribution in [-0.2, 0) is 11.2 Å². The van der Waals surface area contributed by atoms with Crippen molar-refractivity contribution in [1.29, 1.82) is 0 Å². The minimum absolute atomic E-state index is 0.0405. The van der Waals surface area contributed by atoms with E-state index in [-0.39, 0.29) is 23.4 Å². The van der Waals surface area contributed by atoms with Gasteiger partial charge in [0.25, 0.3) is 0 Å². The molecular formula is C25H20N2O4S. The van der Waals surface area contributed by atoms with Gasteiger partial charge >= 0.3 is 5.97 Å². The van der Waals surface area contributed by atoms with Gasteiger partial charge in [-0.15, -0.1) is 0 Å². The van der Waals surface area contributed by atoms with Crippen molar-refractivity contribution in [3.63, 3.8) is 0 Å². The summed E-state index contributed by atoms with van der Waals surface area (Å²) in [5, 5.41) is 10.2. The van der Waals surface area contributed by atoms with Crippen molar-refractivity contribution >= 4 is 40.1 Å². The van der Waals surface area contributed by atoms with Gasteiger partial charge < -0.3 is 9.84 Å². The normalized spacial score (nSPS) is 11.8. The Morgan fingerprint density at radius 3 is 2.22 bits per heavy atom. The maximum absolute atomic E-state index is 13.6. The number of carbonyl (C=O) groups excluding carboxylic acids is 1. The number of methoxy groups -OCH3 is 1. The number of rotatable bonds is 7. The highest BCUT2D eigenvalue weighted by atomic mass is 32.1. The van der Waals surface area contributed by atoms with E-state index in [0.717, 1.165) is 22.9 Å². The molecule has 0 aliphatic heterocycles. The van der Waals surface area contributed by atoms with Gasteiger partial charge in [-0.3, -0.25) is 4.79 Å². The molecule has 1 N–H and O–H groups in total. The van der Waals surface area contributed by atoms with Crippen LogP contribution in [-0.4, -0.2) is 32.7 Å². The number of aliphatic carboxylic acids is 1. The molecule has 32 heavy (non-hydrogen) atoms. The Kier molecular flexibility index (Phi) is 6.09. The maximum Gasteiger partial charge on any atom is 0.336 e. The van der Waals surface area contributed by atoms with E-state index < -0.39 is 5.97 Å². The minimum atomic E-state index is -1.17. The number of carboxylic acids is 1. The third kappa shape index (κ3) is 4.43. The lowest BCUT2D eigenvalue weighted by Gasteiger charge is -2.13. The number of hydrogen-bond donors (Lipinski definition) is 1. The number of Topliss-reactive ketones (excluding diaryl/α,β-unsaturated/α-hetero) is 1. The lowest BCUT2D eigenvalue weighted by atomic mass is 9.89. The van der Waals surface area contributed by atoms with E-state index >= 15 is 0 Å². The maximum atomic E-state index is 13.6. The molecule has 0 atom stereocenters. The second kappa shape index (κ2) is 9.11.